The SMILES string of the molecule is COc1cncc(-c2cnc(N3CCOC(CC(C)C)C3)cc2Nc2c(C)c(C3CC3)nc3cc(F)cc(F)c23)c1. The number of morpholine rings is 1. The fourth-order valence-corrected chi connectivity index (χ4v) is 5.69. The molecule has 3 aromatic heterocycles. The zero-order valence-corrected chi connectivity index (χ0v) is 23.9. The second-order valence-corrected chi connectivity index (χ2v) is 11.4. The minimum atomic E-state index is -0.649. The first-order valence-corrected chi connectivity index (χ1v) is 14.2. The molecular weight excluding hydrogens is 524 g/mol. The lowest BCUT2D eigenvalue weighted by molar-refractivity contribution is 0.0273. The number of nitrogens with zero attached hydrogens (tertiary/aromatic N) is 4. The number of aromatic nitrogens is 3. The molecule has 41 heavy (non-hydrogen) atoms. The molecule has 9 heteroatoms. The average Bonchev–Trinajstić information content (AvgIpc) is 3.79. The van der Waals surface area contributed by atoms with Crippen LogP contribution in [0.25, 0.3) is 22.0 Å². The van der Waals surface area contributed by atoms with Gasteiger partial charge < -0.3 is 19.7 Å². The van der Waals surface area contributed by atoms with Crippen molar-refractivity contribution < 1.29 is 18.3 Å². The molecule has 1 aromatic carbocycles. The van der Waals surface area contributed by atoms with Crippen molar-refractivity contribution in [3.8, 4) is 16.9 Å². The van der Waals surface area contributed by atoms with Gasteiger partial charge in [0.15, 0.2) is 0 Å². The number of methoxy groups -OCH3 is 1. The highest BCUT2D eigenvalue weighted by Gasteiger charge is 2.30. The van der Waals surface area contributed by atoms with Gasteiger partial charge in [0.25, 0.3) is 0 Å². The van der Waals surface area contributed by atoms with E-state index < -0.39 is 11.6 Å². The maximum Gasteiger partial charge on any atom is 0.137 e. The van der Waals surface area contributed by atoms with Gasteiger partial charge in [0.2, 0.25) is 0 Å². The molecular formula is C32H35F2N5O2. The Morgan fingerprint density at radius 1 is 1.12 bits per heavy atom. The molecule has 0 spiro atoms. The van der Waals surface area contributed by atoms with Gasteiger partial charge in [0.1, 0.15) is 23.2 Å². The van der Waals surface area contributed by atoms with Crippen molar-refractivity contribution in [2.24, 2.45) is 5.92 Å². The van der Waals surface area contributed by atoms with Crippen LogP contribution in [0.3, 0.4) is 0 Å². The van der Waals surface area contributed by atoms with Crippen molar-refractivity contribution >= 4 is 28.1 Å². The summed E-state index contributed by atoms with van der Waals surface area (Å²) in [6.45, 7) is 8.43. The molecule has 1 unspecified atom stereocenters. The molecule has 4 heterocycles. The lowest BCUT2D eigenvalue weighted by Crippen LogP contribution is -2.43. The molecule has 1 aliphatic heterocycles. The molecule has 1 atom stereocenters. The first-order chi connectivity index (χ1) is 19.8. The zero-order valence-electron chi connectivity index (χ0n) is 23.9. The van der Waals surface area contributed by atoms with Crippen LogP contribution >= 0.6 is 0 Å². The molecule has 1 aliphatic carbocycles. The normalized spacial score (nSPS) is 17.3. The van der Waals surface area contributed by atoms with Crippen molar-refractivity contribution in [2.75, 3.05) is 37.0 Å². The topological polar surface area (TPSA) is 72.4 Å². The number of nitrogens with one attached hydrogen (secondary N) is 1. The molecule has 2 aliphatic rings. The van der Waals surface area contributed by atoms with Gasteiger partial charge in [-0.3, -0.25) is 9.97 Å². The molecule has 1 N–H and O–H groups in total. The molecule has 7 nitrogen and oxygen atoms in total. The first-order valence-electron chi connectivity index (χ1n) is 14.2. The van der Waals surface area contributed by atoms with Gasteiger partial charge in [-0.15, -0.1) is 0 Å². The summed E-state index contributed by atoms with van der Waals surface area (Å²) in [6.07, 6.45) is 8.35. The van der Waals surface area contributed by atoms with Gasteiger partial charge in [0, 0.05) is 66.4 Å². The number of fused-ring (bicyclic) bond motifs is 1. The quantitative estimate of drug-likeness (QED) is 0.246. The van der Waals surface area contributed by atoms with Gasteiger partial charge in [-0.05, 0) is 43.7 Å². The monoisotopic (exact) mass is 559 g/mol. The molecule has 1 saturated carbocycles. The van der Waals surface area contributed by atoms with Crippen LogP contribution in [0.15, 0.2) is 42.9 Å². The van der Waals surface area contributed by atoms with Crippen LogP contribution in [0.4, 0.5) is 26.0 Å². The van der Waals surface area contributed by atoms with Crippen molar-refractivity contribution in [3.63, 3.8) is 0 Å². The summed E-state index contributed by atoms with van der Waals surface area (Å²) < 4.78 is 41.1. The van der Waals surface area contributed by atoms with Gasteiger partial charge in [-0.2, -0.15) is 0 Å². The van der Waals surface area contributed by atoms with E-state index in [0.717, 1.165) is 72.3 Å². The molecule has 0 amide bonds. The minimum Gasteiger partial charge on any atom is -0.495 e. The van der Waals surface area contributed by atoms with Gasteiger partial charge >= 0.3 is 0 Å². The molecule has 6 rings (SSSR count). The molecule has 0 bridgehead atoms. The van der Waals surface area contributed by atoms with Crippen LogP contribution in [0.1, 0.15) is 50.3 Å². The number of rotatable bonds is 8. The maximum atomic E-state index is 15.4. The Labute approximate surface area is 238 Å². The molecule has 1 saturated heterocycles. The highest BCUT2D eigenvalue weighted by Crippen LogP contribution is 2.45. The Morgan fingerprint density at radius 2 is 1.95 bits per heavy atom. The number of anilines is 3. The fourth-order valence-electron chi connectivity index (χ4n) is 5.69. The summed E-state index contributed by atoms with van der Waals surface area (Å²) in [5.74, 6) is 0.948. The van der Waals surface area contributed by atoms with Gasteiger partial charge in [-0.1, -0.05) is 13.8 Å². The van der Waals surface area contributed by atoms with Gasteiger partial charge in [0.05, 0.1) is 48.3 Å². The summed E-state index contributed by atoms with van der Waals surface area (Å²) in [6, 6.07) is 6.11. The van der Waals surface area contributed by atoms with Crippen molar-refractivity contribution in [3.05, 3.63) is 65.7 Å². The molecule has 2 fully saturated rings. The third-order valence-corrected chi connectivity index (χ3v) is 7.85. The lowest BCUT2D eigenvalue weighted by atomic mass is 10.0. The Morgan fingerprint density at radius 3 is 2.71 bits per heavy atom. The zero-order chi connectivity index (χ0) is 28.7. The number of hydrogen-bond acceptors (Lipinski definition) is 7. The van der Waals surface area contributed by atoms with E-state index >= 15 is 4.39 Å². The van der Waals surface area contributed by atoms with E-state index in [1.165, 1.54) is 6.07 Å². The van der Waals surface area contributed by atoms with E-state index in [4.69, 9.17) is 19.4 Å². The van der Waals surface area contributed by atoms with E-state index in [1.54, 1.807) is 19.5 Å². The summed E-state index contributed by atoms with van der Waals surface area (Å²) in [5.41, 5.74) is 4.96. The predicted octanol–water partition coefficient (Wildman–Crippen LogP) is 7.16. The predicted molar refractivity (Wildman–Crippen MR) is 157 cm³/mol. The summed E-state index contributed by atoms with van der Waals surface area (Å²) in [7, 11) is 1.60. The van der Waals surface area contributed by atoms with E-state index in [-0.39, 0.29) is 11.5 Å². The number of benzene rings is 1. The Balaban J connectivity index is 1.48. The van der Waals surface area contributed by atoms with E-state index in [0.29, 0.717) is 35.4 Å². The van der Waals surface area contributed by atoms with Crippen LogP contribution in [0.5, 0.6) is 5.75 Å². The number of halogens is 2. The van der Waals surface area contributed by atoms with Crippen LogP contribution in [-0.4, -0.2) is 47.9 Å². The lowest BCUT2D eigenvalue weighted by Gasteiger charge is -2.35. The second kappa shape index (κ2) is 11.2. The Hall–Kier alpha value is -3.85. The van der Waals surface area contributed by atoms with Crippen LogP contribution in [-0.2, 0) is 4.74 Å². The fraction of sp³-hybridized carbons (Fsp3) is 0.406. The number of ether oxygens (including phenoxy) is 2. The van der Waals surface area contributed by atoms with Crippen LogP contribution < -0.4 is 15.0 Å². The standard InChI is InChI=1S/C32H35F2N5O2/c1-18(2)9-24-17-39(7-8-41-24)29-13-27(25(16-36-29)21-10-23(40-4)15-35-14-21)37-32-19(3)31(20-5-6-20)38-28-12-22(33)11-26(34)30(28)32/h10-16,18,20,24H,5-9,17H2,1-4H3,(H,36,37,38). The second-order valence-electron chi connectivity index (χ2n) is 11.4. The summed E-state index contributed by atoms with van der Waals surface area (Å²) >= 11 is 0. The third-order valence-electron chi connectivity index (χ3n) is 7.85. The largest absolute Gasteiger partial charge is 0.495 e. The Kier molecular flexibility index (Phi) is 7.46. The van der Waals surface area contributed by atoms with Crippen molar-refractivity contribution in [1.82, 2.24) is 15.0 Å². The number of pyridine rings is 3. The average molecular weight is 560 g/mol. The summed E-state index contributed by atoms with van der Waals surface area (Å²) in [5, 5.41) is 3.83. The maximum absolute atomic E-state index is 15.4. The molecule has 4 aromatic rings. The summed E-state index contributed by atoms with van der Waals surface area (Å²) in [4.78, 5) is 16.1. The van der Waals surface area contributed by atoms with Gasteiger partial charge in [-0.25, -0.2) is 13.8 Å². The van der Waals surface area contributed by atoms with Crippen LogP contribution in [0.2, 0.25) is 0 Å². The van der Waals surface area contributed by atoms with E-state index in [2.05, 4.69) is 29.0 Å². The first kappa shape index (κ1) is 27.3. The van der Waals surface area contributed by atoms with E-state index in [9.17, 15) is 4.39 Å². The van der Waals surface area contributed by atoms with E-state index in [1.807, 2.05) is 25.3 Å². The third kappa shape index (κ3) is 5.68. The van der Waals surface area contributed by atoms with Crippen molar-refractivity contribution in [2.45, 2.75) is 52.1 Å². The molecule has 0 radical (unpaired) electrons. The molecule has 214 valence electrons. The highest BCUT2D eigenvalue weighted by atomic mass is 19.1. The highest BCUT2D eigenvalue weighted by molar-refractivity contribution is 5.97. The van der Waals surface area contributed by atoms with Crippen LogP contribution in [0, 0.1) is 24.5 Å². The Bertz CT molecular complexity index is 1590. The number of hydrogen-bond donors (Lipinski definition) is 1. The smallest absolute Gasteiger partial charge is 0.137 e. The van der Waals surface area contributed by atoms with Crippen molar-refractivity contribution in [1.29, 1.82) is 0 Å². The minimum absolute atomic E-state index is 0.126.